The average molecular weight is 387 g/mol. The minimum absolute atomic E-state index is 0.00606. The molecule has 8 heteroatoms. The van der Waals surface area contributed by atoms with Crippen molar-refractivity contribution in [1.82, 2.24) is 20.2 Å². The lowest BCUT2D eigenvalue weighted by Crippen LogP contribution is -2.35. The van der Waals surface area contributed by atoms with Crippen molar-refractivity contribution in [3.8, 4) is 5.69 Å². The summed E-state index contributed by atoms with van der Waals surface area (Å²) in [5, 5.41) is 17.0. The summed E-state index contributed by atoms with van der Waals surface area (Å²) in [4.78, 5) is 27.6. The summed E-state index contributed by atoms with van der Waals surface area (Å²) in [6, 6.07) is 12.9. The largest absolute Gasteiger partial charge is 0.361 e. The SMILES string of the molecule is C=C1NC=C(C(=O)c2ccc(-n3ccnc3)cc2)C(c2ccc([N+](=O)[O-])cc2)N1. The Morgan fingerprint density at radius 1 is 1.14 bits per heavy atom. The van der Waals surface area contributed by atoms with Gasteiger partial charge in [0, 0.05) is 47.6 Å². The van der Waals surface area contributed by atoms with Crippen molar-refractivity contribution in [2.24, 2.45) is 0 Å². The number of nitrogens with one attached hydrogen (secondary N) is 2. The van der Waals surface area contributed by atoms with Crippen LogP contribution in [0.4, 0.5) is 5.69 Å². The first-order valence-corrected chi connectivity index (χ1v) is 8.82. The van der Waals surface area contributed by atoms with Crippen LogP contribution in [0.25, 0.3) is 5.69 Å². The molecule has 1 aliphatic heterocycles. The number of ketones is 1. The zero-order valence-electron chi connectivity index (χ0n) is 15.3. The predicted octanol–water partition coefficient (Wildman–Crippen LogP) is 3.25. The number of aromatic nitrogens is 2. The third kappa shape index (κ3) is 3.63. The van der Waals surface area contributed by atoms with Crippen LogP contribution in [0.5, 0.6) is 0 Å². The van der Waals surface area contributed by atoms with Crippen molar-refractivity contribution in [2.45, 2.75) is 6.04 Å². The van der Waals surface area contributed by atoms with Crippen LogP contribution < -0.4 is 10.6 Å². The Hall–Kier alpha value is -4.20. The Labute approximate surface area is 166 Å². The van der Waals surface area contributed by atoms with Gasteiger partial charge in [0.05, 0.1) is 23.1 Å². The van der Waals surface area contributed by atoms with Crippen molar-refractivity contribution >= 4 is 11.5 Å². The zero-order valence-corrected chi connectivity index (χ0v) is 15.3. The molecule has 0 bridgehead atoms. The first-order valence-electron chi connectivity index (χ1n) is 8.82. The molecule has 2 heterocycles. The molecular weight excluding hydrogens is 370 g/mol. The Balaban J connectivity index is 1.63. The van der Waals surface area contributed by atoms with Gasteiger partial charge >= 0.3 is 0 Å². The number of hydrogen-bond donors (Lipinski definition) is 2. The monoisotopic (exact) mass is 387 g/mol. The lowest BCUT2D eigenvalue weighted by Gasteiger charge is -2.28. The Bertz CT molecular complexity index is 1100. The number of rotatable bonds is 5. The summed E-state index contributed by atoms with van der Waals surface area (Å²) in [5.41, 5.74) is 2.64. The van der Waals surface area contributed by atoms with Crippen LogP contribution in [-0.2, 0) is 0 Å². The van der Waals surface area contributed by atoms with E-state index >= 15 is 0 Å². The van der Waals surface area contributed by atoms with Gasteiger partial charge in [-0.25, -0.2) is 4.98 Å². The van der Waals surface area contributed by atoms with Gasteiger partial charge in [-0.2, -0.15) is 0 Å². The molecule has 1 aliphatic rings. The van der Waals surface area contributed by atoms with Crippen molar-refractivity contribution in [3.05, 3.63) is 113 Å². The van der Waals surface area contributed by atoms with Gasteiger partial charge in [-0.3, -0.25) is 14.9 Å². The lowest BCUT2D eigenvalue weighted by atomic mass is 9.91. The number of nitro groups is 1. The van der Waals surface area contributed by atoms with E-state index in [1.807, 2.05) is 22.9 Å². The lowest BCUT2D eigenvalue weighted by molar-refractivity contribution is -0.384. The summed E-state index contributed by atoms with van der Waals surface area (Å²) >= 11 is 0. The smallest absolute Gasteiger partial charge is 0.269 e. The van der Waals surface area contributed by atoms with E-state index < -0.39 is 11.0 Å². The highest BCUT2D eigenvalue weighted by Crippen LogP contribution is 2.29. The molecule has 29 heavy (non-hydrogen) atoms. The summed E-state index contributed by atoms with van der Waals surface area (Å²) in [6.45, 7) is 3.85. The molecule has 0 fully saturated rings. The van der Waals surface area contributed by atoms with Crippen LogP contribution in [0.2, 0.25) is 0 Å². The number of carbonyl (C=O) groups excluding carboxylic acids is 1. The highest BCUT2D eigenvalue weighted by Gasteiger charge is 2.27. The van der Waals surface area contributed by atoms with Crippen molar-refractivity contribution in [2.75, 3.05) is 0 Å². The first-order chi connectivity index (χ1) is 14.0. The second kappa shape index (κ2) is 7.43. The molecule has 0 saturated carbocycles. The molecule has 1 atom stereocenters. The molecule has 0 saturated heterocycles. The van der Waals surface area contributed by atoms with Gasteiger partial charge in [0.1, 0.15) is 0 Å². The molecule has 0 radical (unpaired) electrons. The molecule has 0 spiro atoms. The van der Waals surface area contributed by atoms with E-state index in [4.69, 9.17) is 0 Å². The number of nitrogens with zero attached hydrogens (tertiary/aromatic N) is 3. The molecule has 144 valence electrons. The molecule has 1 unspecified atom stereocenters. The highest BCUT2D eigenvalue weighted by atomic mass is 16.6. The zero-order chi connectivity index (χ0) is 20.4. The maximum Gasteiger partial charge on any atom is 0.269 e. The summed E-state index contributed by atoms with van der Waals surface area (Å²) in [5.74, 6) is 0.387. The van der Waals surface area contributed by atoms with E-state index in [1.54, 1.807) is 43.0 Å². The van der Waals surface area contributed by atoms with Gasteiger partial charge in [0.25, 0.3) is 5.69 Å². The topological polar surface area (TPSA) is 102 Å². The van der Waals surface area contributed by atoms with Crippen molar-refractivity contribution in [1.29, 1.82) is 0 Å². The number of carbonyl (C=O) groups is 1. The van der Waals surface area contributed by atoms with Crippen LogP contribution in [0.1, 0.15) is 22.0 Å². The van der Waals surface area contributed by atoms with Gasteiger partial charge in [0.2, 0.25) is 0 Å². The Morgan fingerprint density at radius 3 is 2.48 bits per heavy atom. The van der Waals surface area contributed by atoms with Gasteiger partial charge in [-0.15, -0.1) is 0 Å². The maximum absolute atomic E-state index is 13.2. The Kier molecular flexibility index (Phi) is 4.66. The molecule has 1 aromatic heterocycles. The fraction of sp³-hybridized carbons (Fsp3) is 0.0476. The van der Waals surface area contributed by atoms with E-state index in [9.17, 15) is 14.9 Å². The van der Waals surface area contributed by atoms with Gasteiger partial charge in [-0.1, -0.05) is 6.58 Å². The van der Waals surface area contributed by atoms with Crippen molar-refractivity contribution < 1.29 is 9.72 Å². The molecule has 8 nitrogen and oxygen atoms in total. The molecule has 0 aliphatic carbocycles. The number of non-ortho nitro benzene ring substituents is 1. The standard InChI is InChI=1S/C21H17N5O3/c1-14-23-12-19(20(24-14)15-2-8-18(9-3-15)26(28)29)21(27)16-4-6-17(7-5-16)25-11-10-22-13-25/h2-13,20,23-24H,1H2. The summed E-state index contributed by atoms with van der Waals surface area (Å²) in [7, 11) is 0. The van der Waals surface area contributed by atoms with E-state index in [2.05, 4.69) is 22.2 Å². The molecular formula is C21H17N5O3. The number of imidazole rings is 1. The molecule has 0 amide bonds. The molecule has 2 aromatic carbocycles. The van der Waals surface area contributed by atoms with Crippen molar-refractivity contribution in [3.63, 3.8) is 0 Å². The van der Waals surface area contributed by atoms with Crippen LogP contribution in [0.15, 0.2) is 91.4 Å². The van der Waals surface area contributed by atoms with Gasteiger partial charge in [-0.05, 0) is 42.0 Å². The molecule has 4 rings (SSSR count). The van der Waals surface area contributed by atoms with Crippen LogP contribution >= 0.6 is 0 Å². The quantitative estimate of drug-likeness (QED) is 0.396. The molecule has 3 aromatic rings. The Morgan fingerprint density at radius 2 is 1.86 bits per heavy atom. The van der Waals surface area contributed by atoms with E-state index in [1.165, 1.54) is 12.1 Å². The fourth-order valence-electron chi connectivity index (χ4n) is 3.15. The molecule has 2 N–H and O–H groups in total. The highest BCUT2D eigenvalue weighted by molar-refractivity contribution is 6.09. The minimum atomic E-state index is -0.467. The average Bonchev–Trinajstić information content (AvgIpc) is 3.28. The minimum Gasteiger partial charge on any atom is -0.361 e. The number of benzene rings is 2. The predicted molar refractivity (Wildman–Crippen MR) is 107 cm³/mol. The normalized spacial score (nSPS) is 15.8. The fourth-order valence-corrected chi connectivity index (χ4v) is 3.15. The third-order valence-corrected chi connectivity index (χ3v) is 4.66. The second-order valence-corrected chi connectivity index (χ2v) is 6.49. The number of Topliss-reactive ketones (excluding diaryl/α,β-unsaturated/α-hetero) is 1. The summed E-state index contributed by atoms with van der Waals surface area (Å²) < 4.78 is 1.85. The second-order valence-electron chi connectivity index (χ2n) is 6.49. The number of hydrogen-bond acceptors (Lipinski definition) is 6. The van der Waals surface area contributed by atoms with Gasteiger partial charge < -0.3 is 15.2 Å². The third-order valence-electron chi connectivity index (χ3n) is 4.66. The van der Waals surface area contributed by atoms with Crippen LogP contribution in [-0.4, -0.2) is 20.3 Å². The van der Waals surface area contributed by atoms with Gasteiger partial charge in [0.15, 0.2) is 5.78 Å². The summed E-state index contributed by atoms with van der Waals surface area (Å²) in [6.07, 6.45) is 6.82. The van der Waals surface area contributed by atoms with E-state index in [0.717, 1.165) is 11.3 Å². The van der Waals surface area contributed by atoms with Crippen LogP contribution in [0, 0.1) is 10.1 Å². The number of nitro benzene ring substituents is 1. The maximum atomic E-state index is 13.2. The van der Waals surface area contributed by atoms with E-state index in [-0.39, 0.29) is 11.5 Å². The van der Waals surface area contributed by atoms with E-state index in [0.29, 0.717) is 17.0 Å². The first kappa shape index (κ1) is 18.2. The van der Waals surface area contributed by atoms with Crippen LogP contribution in [0.3, 0.4) is 0 Å².